The summed E-state index contributed by atoms with van der Waals surface area (Å²) < 4.78 is 5.83. The van der Waals surface area contributed by atoms with Crippen molar-refractivity contribution in [1.82, 2.24) is 0 Å². The normalized spacial score (nSPS) is 48.6. The van der Waals surface area contributed by atoms with Gasteiger partial charge in [0, 0.05) is 11.5 Å². The zero-order chi connectivity index (χ0) is 14.8. The van der Waals surface area contributed by atoms with E-state index in [2.05, 4.69) is 27.7 Å². The number of hydrogen-bond donors (Lipinski definition) is 0. The van der Waals surface area contributed by atoms with Gasteiger partial charge in [0.2, 0.25) is 0 Å². The molecule has 3 aliphatic rings. The Bertz CT molecular complexity index is 476. The minimum atomic E-state index is -0.266. The molecule has 0 aromatic heterocycles. The van der Waals surface area contributed by atoms with Gasteiger partial charge in [0.15, 0.2) is 0 Å². The quantitative estimate of drug-likeness (QED) is 0.481. The summed E-state index contributed by atoms with van der Waals surface area (Å²) in [5.41, 5.74) is 1.27. The van der Waals surface area contributed by atoms with Crippen LogP contribution in [0.4, 0.5) is 0 Å². The van der Waals surface area contributed by atoms with Gasteiger partial charge < -0.3 is 4.74 Å². The molecule has 3 fully saturated rings. The van der Waals surface area contributed by atoms with Crippen molar-refractivity contribution in [1.29, 1.82) is 0 Å². The van der Waals surface area contributed by atoms with Gasteiger partial charge in [-0.2, -0.15) is 0 Å². The van der Waals surface area contributed by atoms with Crippen LogP contribution in [0.2, 0.25) is 0 Å². The number of carbonyl (C=O) groups is 1. The Morgan fingerprint density at radius 2 is 1.85 bits per heavy atom. The Labute approximate surface area is 123 Å². The zero-order valence-corrected chi connectivity index (χ0v) is 13.6. The van der Waals surface area contributed by atoms with Crippen LogP contribution >= 0.6 is 0 Å². The lowest BCUT2D eigenvalue weighted by molar-refractivity contribution is -0.164. The number of ether oxygens (including phenoxy) is 1. The maximum absolute atomic E-state index is 12.3. The molecule has 2 nitrogen and oxygen atoms in total. The lowest BCUT2D eigenvalue weighted by atomic mass is 9.45. The van der Waals surface area contributed by atoms with E-state index in [1.165, 1.54) is 25.7 Å². The zero-order valence-electron chi connectivity index (χ0n) is 13.6. The standard InChI is InChI=1S/C18H28O2/c1-6-12-14-17(4)10-7-9-16(2,3)13(17)8-11-18(14,5)20-15(12)19/h6,13-14H,7-11H2,1-5H3/b12-6-/t13-,14+,17-,18+/m0/s1. The van der Waals surface area contributed by atoms with Gasteiger partial charge in [0.25, 0.3) is 0 Å². The van der Waals surface area contributed by atoms with E-state index in [9.17, 15) is 4.79 Å². The number of esters is 1. The van der Waals surface area contributed by atoms with Crippen molar-refractivity contribution in [3.05, 3.63) is 11.6 Å². The first-order chi connectivity index (χ1) is 9.24. The third-order valence-electron chi connectivity index (χ3n) is 6.66. The molecule has 1 aliphatic heterocycles. The average Bonchev–Trinajstić information content (AvgIpc) is 2.59. The van der Waals surface area contributed by atoms with Crippen LogP contribution in [0.15, 0.2) is 11.6 Å². The Balaban J connectivity index is 2.10. The van der Waals surface area contributed by atoms with E-state index in [1.807, 2.05) is 13.0 Å². The molecular formula is C18H28O2. The molecule has 2 aliphatic carbocycles. The van der Waals surface area contributed by atoms with E-state index in [1.54, 1.807) is 0 Å². The molecule has 0 aromatic rings. The van der Waals surface area contributed by atoms with E-state index in [-0.39, 0.29) is 22.9 Å². The molecule has 3 rings (SSSR count). The number of rotatable bonds is 0. The van der Waals surface area contributed by atoms with Crippen molar-refractivity contribution in [2.75, 3.05) is 0 Å². The summed E-state index contributed by atoms with van der Waals surface area (Å²) in [5, 5.41) is 0. The first kappa shape index (κ1) is 14.2. The lowest BCUT2D eigenvalue weighted by Crippen LogP contribution is -2.56. The fraction of sp³-hybridized carbons (Fsp3) is 0.833. The number of carbonyl (C=O) groups excluding carboxylic acids is 1. The Morgan fingerprint density at radius 3 is 2.50 bits per heavy atom. The molecule has 0 amide bonds. The molecule has 1 saturated heterocycles. The smallest absolute Gasteiger partial charge is 0.334 e. The van der Waals surface area contributed by atoms with Crippen LogP contribution in [0.1, 0.15) is 66.7 Å². The number of fused-ring (bicyclic) bond motifs is 3. The molecule has 20 heavy (non-hydrogen) atoms. The van der Waals surface area contributed by atoms with Crippen LogP contribution in [-0.4, -0.2) is 11.6 Å². The van der Waals surface area contributed by atoms with Gasteiger partial charge >= 0.3 is 5.97 Å². The monoisotopic (exact) mass is 276 g/mol. The van der Waals surface area contributed by atoms with E-state index in [0.29, 0.717) is 11.3 Å². The summed E-state index contributed by atoms with van der Waals surface area (Å²) in [4.78, 5) is 12.3. The predicted molar refractivity (Wildman–Crippen MR) is 80.2 cm³/mol. The van der Waals surface area contributed by atoms with Crippen LogP contribution in [0.3, 0.4) is 0 Å². The maximum Gasteiger partial charge on any atom is 0.334 e. The Hall–Kier alpha value is -0.790. The highest BCUT2D eigenvalue weighted by molar-refractivity contribution is 5.92. The predicted octanol–water partition coefficient (Wildman–Crippen LogP) is 4.49. The third kappa shape index (κ3) is 1.66. The molecule has 112 valence electrons. The van der Waals surface area contributed by atoms with Gasteiger partial charge in [-0.1, -0.05) is 33.3 Å². The highest BCUT2D eigenvalue weighted by Gasteiger charge is 2.64. The molecule has 2 saturated carbocycles. The second kappa shape index (κ2) is 4.11. The van der Waals surface area contributed by atoms with Crippen molar-refractivity contribution in [2.45, 2.75) is 72.3 Å². The van der Waals surface area contributed by atoms with Crippen LogP contribution in [0, 0.1) is 22.7 Å². The second-order valence-corrected chi connectivity index (χ2v) is 8.32. The van der Waals surface area contributed by atoms with E-state index < -0.39 is 0 Å². The summed E-state index contributed by atoms with van der Waals surface area (Å²) in [5.74, 6) is 0.919. The van der Waals surface area contributed by atoms with Crippen LogP contribution in [0.25, 0.3) is 0 Å². The lowest BCUT2D eigenvalue weighted by Gasteiger charge is -2.59. The summed E-state index contributed by atoms with van der Waals surface area (Å²) in [6, 6.07) is 0. The number of allylic oxidation sites excluding steroid dienone is 1. The Kier molecular flexibility index (Phi) is 2.91. The van der Waals surface area contributed by atoms with Crippen molar-refractivity contribution in [2.24, 2.45) is 22.7 Å². The molecular weight excluding hydrogens is 248 g/mol. The van der Waals surface area contributed by atoms with E-state index in [0.717, 1.165) is 12.0 Å². The van der Waals surface area contributed by atoms with Gasteiger partial charge in [-0.15, -0.1) is 0 Å². The van der Waals surface area contributed by atoms with Gasteiger partial charge in [-0.25, -0.2) is 4.79 Å². The fourth-order valence-electron chi connectivity index (χ4n) is 5.97. The molecule has 0 unspecified atom stereocenters. The van der Waals surface area contributed by atoms with Gasteiger partial charge in [0.05, 0.1) is 0 Å². The van der Waals surface area contributed by atoms with E-state index in [4.69, 9.17) is 4.74 Å². The van der Waals surface area contributed by atoms with Crippen molar-refractivity contribution >= 4 is 5.97 Å². The third-order valence-corrected chi connectivity index (χ3v) is 6.66. The van der Waals surface area contributed by atoms with E-state index >= 15 is 0 Å². The number of hydrogen-bond acceptors (Lipinski definition) is 2. The summed E-state index contributed by atoms with van der Waals surface area (Å²) >= 11 is 0. The summed E-state index contributed by atoms with van der Waals surface area (Å²) in [7, 11) is 0. The molecule has 0 spiro atoms. The fourth-order valence-corrected chi connectivity index (χ4v) is 5.97. The highest BCUT2D eigenvalue weighted by Crippen LogP contribution is 2.66. The summed E-state index contributed by atoms with van der Waals surface area (Å²) in [6.45, 7) is 11.4. The average molecular weight is 276 g/mol. The highest BCUT2D eigenvalue weighted by atomic mass is 16.6. The SMILES string of the molecule is C/C=C1\C(=O)O[C@]2(C)CC[C@H]3C(C)(C)CCC[C@]3(C)[C@@H]12. The molecule has 0 radical (unpaired) electrons. The van der Waals surface area contributed by atoms with Crippen molar-refractivity contribution < 1.29 is 9.53 Å². The van der Waals surface area contributed by atoms with Gasteiger partial charge in [-0.3, -0.25) is 0 Å². The minimum absolute atomic E-state index is 0.0646. The van der Waals surface area contributed by atoms with Gasteiger partial charge in [0.1, 0.15) is 5.60 Å². The maximum atomic E-state index is 12.3. The molecule has 2 heteroatoms. The van der Waals surface area contributed by atoms with Crippen molar-refractivity contribution in [3.8, 4) is 0 Å². The second-order valence-electron chi connectivity index (χ2n) is 8.32. The molecule has 0 aromatic carbocycles. The van der Waals surface area contributed by atoms with Crippen LogP contribution < -0.4 is 0 Å². The topological polar surface area (TPSA) is 26.3 Å². The Morgan fingerprint density at radius 1 is 1.15 bits per heavy atom. The van der Waals surface area contributed by atoms with Gasteiger partial charge in [-0.05, 0) is 56.3 Å². The van der Waals surface area contributed by atoms with Crippen molar-refractivity contribution in [3.63, 3.8) is 0 Å². The van der Waals surface area contributed by atoms with Crippen LogP contribution in [0.5, 0.6) is 0 Å². The first-order valence-corrected chi connectivity index (χ1v) is 8.14. The minimum Gasteiger partial charge on any atom is -0.455 e. The molecule has 0 bridgehead atoms. The first-order valence-electron chi connectivity index (χ1n) is 8.14. The summed E-state index contributed by atoms with van der Waals surface area (Å²) in [6.07, 6.45) is 8.04. The molecule has 4 atom stereocenters. The van der Waals surface area contributed by atoms with Crippen LogP contribution in [-0.2, 0) is 9.53 Å². The molecule has 1 heterocycles. The largest absolute Gasteiger partial charge is 0.455 e. The molecule has 0 N–H and O–H groups in total.